The molecule has 0 aliphatic heterocycles. The number of hydrogen-bond donors (Lipinski definition) is 0. The van der Waals surface area contributed by atoms with Crippen LogP contribution < -0.4 is 10.5 Å². The maximum atomic E-state index is 13.1. The molecule has 0 bridgehead atoms. The second-order valence-corrected chi connectivity index (χ2v) is 7.36. The Labute approximate surface area is 168 Å². The van der Waals surface area contributed by atoms with E-state index in [0.717, 1.165) is 22.2 Å². The van der Waals surface area contributed by atoms with Gasteiger partial charge < -0.3 is 9.32 Å². The molecule has 2 aromatic heterocycles. The van der Waals surface area contributed by atoms with Crippen molar-refractivity contribution in [2.24, 2.45) is 0 Å². The Morgan fingerprint density at radius 1 is 1.07 bits per heavy atom. The summed E-state index contributed by atoms with van der Waals surface area (Å²) in [7, 11) is 0. The third kappa shape index (κ3) is 3.31. The topological polar surface area (TPSA) is 68.3 Å². The molecule has 0 fully saturated rings. The number of benzene rings is 2. The summed E-state index contributed by atoms with van der Waals surface area (Å²) in [4.78, 5) is 27.2. The van der Waals surface area contributed by atoms with Gasteiger partial charge in [0.1, 0.15) is 17.5 Å². The van der Waals surface area contributed by atoms with Crippen LogP contribution in [-0.2, 0) is 11.3 Å². The number of hydrogen-bond acceptors (Lipinski definition) is 4. The molecule has 4 aromatic rings. The van der Waals surface area contributed by atoms with Crippen molar-refractivity contribution in [3.8, 4) is 0 Å². The number of fused-ring (bicyclic) bond motifs is 3. The highest BCUT2D eigenvalue weighted by atomic mass is 16.4. The molecule has 0 N–H and O–H groups in total. The first-order chi connectivity index (χ1) is 13.9. The lowest BCUT2D eigenvalue weighted by molar-refractivity contribution is -0.119. The first-order valence-electron chi connectivity index (χ1n) is 9.65. The van der Waals surface area contributed by atoms with Gasteiger partial charge in [0.15, 0.2) is 0 Å². The van der Waals surface area contributed by atoms with Crippen LogP contribution in [0.4, 0.5) is 5.69 Å². The van der Waals surface area contributed by atoms with Crippen molar-refractivity contribution in [2.45, 2.75) is 34.2 Å². The van der Waals surface area contributed by atoms with Gasteiger partial charge in [0, 0.05) is 17.6 Å². The molecule has 0 saturated carbocycles. The van der Waals surface area contributed by atoms with Gasteiger partial charge in [0.25, 0.3) is 0 Å². The Balaban J connectivity index is 1.78. The summed E-state index contributed by atoms with van der Waals surface area (Å²) in [6, 6.07) is 11.6. The van der Waals surface area contributed by atoms with Gasteiger partial charge in [-0.25, -0.2) is 4.79 Å². The van der Waals surface area contributed by atoms with E-state index in [2.05, 4.69) is 5.10 Å². The van der Waals surface area contributed by atoms with Crippen LogP contribution in [-0.4, -0.2) is 22.2 Å². The minimum atomic E-state index is -0.448. The predicted molar refractivity (Wildman–Crippen MR) is 114 cm³/mol. The van der Waals surface area contributed by atoms with E-state index in [1.807, 2.05) is 58.0 Å². The van der Waals surface area contributed by atoms with Crippen LogP contribution in [0, 0.1) is 20.8 Å². The Bertz CT molecular complexity index is 1300. The molecule has 0 spiro atoms. The molecule has 0 atom stereocenters. The van der Waals surface area contributed by atoms with Crippen molar-refractivity contribution >= 4 is 33.5 Å². The van der Waals surface area contributed by atoms with E-state index in [-0.39, 0.29) is 12.5 Å². The Morgan fingerprint density at radius 3 is 2.59 bits per heavy atom. The molecule has 0 unspecified atom stereocenters. The molecule has 2 heterocycles. The van der Waals surface area contributed by atoms with E-state index in [1.165, 1.54) is 11.8 Å². The van der Waals surface area contributed by atoms with Crippen molar-refractivity contribution < 1.29 is 9.21 Å². The van der Waals surface area contributed by atoms with Gasteiger partial charge in [-0.1, -0.05) is 17.7 Å². The highest BCUT2D eigenvalue weighted by Gasteiger charge is 2.19. The second-order valence-electron chi connectivity index (χ2n) is 7.36. The van der Waals surface area contributed by atoms with Crippen molar-refractivity contribution in [3.63, 3.8) is 0 Å². The maximum absolute atomic E-state index is 13.1. The van der Waals surface area contributed by atoms with E-state index in [1.54, 1.807) is 15.6 Å². The number of likely N-dealkylation sites (N-methyl/N-ethyl adjacent to an activating group) is 1. The number of aromatic nitrogens is 2. The number of carbonyl (C=O) groups is 1. The van der Waals surface area contributed by atoms with Crippen LogP contribution in [0.15, 0.2) is 51.8 Å². The number of carbonyl (C=O) groups excluding carboxylic acids is 1. The summed E-state index contributed by atoms with van der Waals surface area (Å²) in [5.74, 6) is -0.0882. The average molecular weight is 389 g/mol. The van der Waals surface area contributed by atoms with Gasteiger partial charge in [0.2, 0.25) is 5.91 Å². The Kier molecular flexibility index (Phi) is 4.70. The fraction of sp³-hybridized carbons (Fsp3) is 0.261. The van der Waals surface area contributed by atoms with Crippen LogP contribution in [0.2, 0.25) is 0 Å². The standard InChI is InChI=1S/C23H23N3O3/c1-5-25(17-8-7-15(3)16(4)11-17)21(27)13-26-22-18-10-14(2)6-9-20(18)29-23(28)19(22)12-24-26/h6-12H,5,13H2,1-4H3. The fourth-order valence-corrected chi connectivity index (χ4v) is 3.62. The highest BCUT2D eigenvalue weighted by Crippen LogP contribution is 2.25. The summed E-state index contributed by atoms with van der Waals surface area (Å²) in [6.07, 6.45) is 1.47. The van der Waals surface area contributed by atoms with E-state index in [9.17, 15) is 9.59 Å². The summed E-state index contributed by atoms with van der Waals surface area (Å²) in [5, 5.41) is 5.48. The van der Waals surface area contributed by atoms with Crippen LogP contribution in [0.25, 0.3) is 21.9 Å². The second kappa shape index (κ2) is 7.20. The molecular formula is C23H23N3O3. The van der Waals surface area contributed by atoms with Gasteiger partial charge in [-0.05, 0) is 63.1 Å². The fourth-order valence-electron chi connectivity index (χ4n) is 3.62. The summed E-state index contributed by atoms with van der Waals surface area (Å²) < 4.78 is 7.00. The normalized spacial score (nSPS) is 11.3. The van der Waals surface area contributed by atoms with E-state index < -0.39 is 5.63 Å². The lowest BCUT2D eigenvalue weighted by atomic mass is 10.1. The van der Waals surface area contributed by atoms with Crippen LogP contribution in [0.3, 0.4) is 0 Å². The monoisotopic (exact) mass is 389 g/mol. The minimum absolute atomic E-state index is 0.0385. The quantitative estimate of drug-likeness (QED) is 0.492. The van der Waals surface area contributed by atoms with Gasteiger partial charge in [-0.2, -0.15) is 5.10 Å². The number of anilines is 1. The molecule has 29 heavy (non-hydrogen) atoms. The van der Waals surface area contributed by atoms with E-state index in [0.29, 0.717) is 23.0 Å². The average Bonchev–Trinajstić information content (AvgIpc) is 3.10. The lowest BCUT2D eigenvalue weighted by Crippen LogP contribution is -2.34. The molecule has 148 valence electrons. The molecule has 6 nitrogen and oxygen atoms in total. The molecule has 6 heteroatoms. The van der Waals surface area contributed by atoms with Gasteiger partial charge >= 0.3 is 5.63 Å². The molecule has 1 amide bonds. The third-order valence-corrected chi connectivity index (χ3v) is 5.36. The Morgan fingerprint density at radius 2 is 1.86 bits per heavy atom. The number of nitrogens with zero attached hydrogens (tertiary/aromatic N) is 3. The molecule has 4 rings (SSSR count). The molecule has 0 aliphatic rings. The molecule has 0 saturated heterocycles. The largest absolute Gasteiger partial charge is 0.422 e. The smallest absolute Gasteiger partial charge is 0.347 e. The van der Waals surface area contributed by atoms with Crippen LogP contribution in [0.5, 0.6) is 0 Å². The molecular weight excluding hydrogens is 366 g/mol. The predicted octanol–water partition coefficient (Wildman–Crippen LogP) is 4.12. The highest BCUT2D eigenvalue weighted by molar-refractivity contribution is 6.03. The van der Waals surface area contributed by atoms with E-state index >= 15 is 0 Å². The lowest BCUT2D eigenvalue weighted by Gasteiger charge is -2.22. The van der Waals surface area contributed by atoms with Crippen molar-refractivity contribution in [2.75, 3.05) is 11.4 Å². The van der Waals surface area contributed by atoms with Gasteiger partial charge in [-0.15, -0.1) is 0 Å². The number of amides is 1. The zero-order valence-electron chi connectivity index (χ0n) is 17.0. The van der Waals surface area contributed by atoms with Crippen molar-refractivity contribution in [3.05, 3.63) is 69.7 Å². The molecule has 0 aliphatic carbocycles. The zero-order valence-corrected chi connectivity index (χ0v) is 17.0. The van der Waals surface area contributed by atoms with Crippen LogP contribution >= 0.6 is 0 Å². The van der Waals surface area contributed by atoms with Crippen molar-refractivity contribution in [1.29, 1.82) is 0 Å². The summed E-state index contributed by atoms with van der Waals surface area (Å²) in [6.45, 7) is 8.58. The van der Waals surface area contributed by atoms with E-state index in [4.69, 9.17) is 4.42 Å². The van der Waals surface area contributed by atoms with Gasteiger partial charge in [-0.3, -0.25) is 9.48 Å². The maximum Gasteiger partial charge on any atom is 0.347 e. The summed E-state index contributed by atoms with van der Waals surface area (Å²) >= 11 is 0. The first kappa shape index (κ1) is 18.9. The first-order valence-corrected chi connectivity index (χ1v) is 9.65. The molecule has 0 radical (unpaired) electrons. The van der Waals surface area contributed by atoms with Crippen LogP contribution in [0.1, 0.15) is 23.6 Å². The Hall–Kier alpha value is -3.41. The number of aryl methyl sites for hydroxylation is 3. The minimum Gasteiger partial charge on any atom is -0.422 e. The third-order valence-electron chi connectivity index (χ3n) is 5.36. The zero-order chi connectivity index (χ0) is 20.7. The SMILES string of the molecule is CCN(C(=O)Cn1ncc2c(=O)oc3ccc(C)cc3c21)c1ccc(C)c(C)c1. The van der Waals surface area contributed by atoms with Gasteiger partial charge in [0.05, 0.1) is 11.7 Å². The molecule has 2 aromatic carbocycles. The van der Waals surface area contributed by atoms with Crippen molar-refractivity contribution in [1.82, 2.24) is 9.78 Å². The summed E-state index contributed by atoms with van der Waals surface area (Å²) in [5.41, 5.74) is 4.89. The number of rotatable bonds is 4.